The minimum absolute atomic E-state index is 0.259. The molecule has 98 valence electrons. The molecule has 0 radical (unpaired) electrons. The van der Waals surface area contributed by atoms with Crippen LogP contribution in [0, 0.1) is 0 Å². The highest BCUT2D eigenvalue weighted by atomic mass is 16.5. The lowest BCUT2D eigenvalue weighted by Gasteiger charge is -2.32. The molecular weight excluding hydrogens is 232 g/mol. The maximum Gasteiger partial charge on any atom is 0.358 e. The number of esters is 1. The fourth-order valence-electron chi connectivity index (χ4n) is 1.84. The molecule has 0 aliphatic carbocycles. The summed E-state index contributed by atoms with van der Waals surface area (Å²) in [7, 11) is 2.10. The van der Waals surface area contributed by atoms with Crippen molar-refractivity contribution >= 4 is 11.8 Å². The van der Waals surface area contributed by atoms with E-state index < -0.39 is 5.97 Å². The van der Waals surface area contributed by atoms with E-state index in [4.69, 9.17) is 4.74 Å². The molecule has 0 spiro atoms. The molecule has 0 aromatic carbocycles. The van der Waals surface area contributed by atoms with E-state index in [1.807, 2.05) is 6.07 Å². The second-order valence-electron chi connectivity index (χ2n) is 4.29. The Labute approximate surface area is 107 Å². The van der Waals surface area contributed by atoms with Gasteiger partial charge in [0.2, 0.25) is 0 Å². The van der Waals surface area contributed by atoms with E-state index in [0.717, 1.165) is 32.0 Å². The molecule has 0 N–H and O–H groups in total. The van der Waals surface area contributed by atoms with Crippen molar-refractivity contribution < 1.29 is 9.53 Å². The molecule has 6 nitrogen and oxygen atoms in total. The minimum atomic E-state index is -0.421. The molecule has 1 aromatic rings. The number of nitrogens with zero attached hydrogens (tertiary/aromatic N) is 4. The number of ether oxygens (including phenoxy) is 1. The van der Waals surface area contributed by atoms with Crippen molar-refractivity contribution in [2.45, 2.75) is 6.92 Å². The Hall–Kier alpha value is -1.69. The van der Waals surface area contributed by atoms with Crippen LogP contribution in [0.5, 0.6) is 0 Å². The van der Waals surface area contributed by atoms with Gasteiger partial charge in [0.25, 0.3) is 0 Å². The molecule has 0 bridgehead atoms. The third kappa shape index (κ3) is 2.95. The highest BCUT2D eigenvalue weighted by Gasteiger charge is 2.16. The smallest absolute Gasteiger partial charge is 0.358 e. The Bertz CT molecular complexity index is 399. The summed E-state index contributed by atoms with van der Waals surface area (Å²) in [4.78, 5) is 15.9. The summed E-state index contributed by atoms with van der Waals surface area (Å²) in [5, 5.41) is 8.00. The van der Waals surface area contributed by atoms with Crippen LogP contribution in [-0.2, 0) is 4.74 Å². The van der Waals surface area contributed by atoms with Crippen molar-refractivity contribution in [3.8, 4) is 0 Å². The molecule has 0 atom stereocenters. The van der Waals surface area contributed by atoms with Crippen LogP contribution < -0.4 is 4.90 Å². The Morgan fingerprint density at radius 1 is 1.28 bits per heavy atom. The monoisotopic (exact) mass is 250 g/mol. The molecule has 6 heteroatoms. The van der Waals surface area contributed by atoms with Gasteiger partial charge in [0, 0.05) is 26.2 Å². The number of carbonyl (C=O) groups excluding carboxylic acids is 1. The summed E-state index contributed by atoms with van der Waals surface area (Å²) in [5.74, 6) is 0.395. The molecule has 2 rings (SSSR count). The molecule has 2 heterocycles. The van der Waals surface area contributed by atoms with Gasteiger partial charge in [-0.25, -0.2) is 4.79 Å². The summed E-state index contributed by atoms with van der Waals surface area (Å²) in [6, 6.07) is 3.49. The number of carbonyl (C=O) groups is 1. The Balaban J connectivity index is 2.01. The fraction of sp³-hybridized carbons (Fsp3) is 0.583. The highest BCUT2D eigenvalue weighted by Crippen LogP contribution is 2.12. The third-order valence-corrected chi connectivity index (χ3v) is 2.96. The van der Waals surface area contributed by atoms with Gasteiger partial charge in [-0.2, -0.15) is 0 Å². The van der Waals surface area contributed by atoms with Gasteiger partial charge >= 0.3 is 5.97 Å². The molecule has 1 aliphatic rings. The van der Waals surface area contributed by atoms with Crippen LogP contribution in [0.25, 0.3) is 0 Å². The molecule has 1 fully saturated rings. The summed E-state index contributed by atoms with van der Waals surface area (Å²) in [5.41, 5.74) is 0.259. The lowest BCUT2D eigenvalue weighted by atomic mass is 10.3. The molecule has 0 amide bonds. The number of hydrogen-bond acceptors (Lipinski definition) is 6. The molecule has 1 saturated heterocycles. The topological polar surface area (TPSA) is 58.6 Å². The van der Waals surface area contributed by atoms with Gasteiger partial charge in [-0.1, -0.05) is 0 Å². The number of likely N-dealkylation sites (N-methyl/N-ethyl adjacent to an activating group) is 1. The molecular formula is C12H18N4O2. The van der Waals surface area contributed by atoms with E-state index >= 15 is 0 Å². The predicted octanol–water partition coefficient (Wildman–Crippen LogP) is 0.405. The van der Waals surface area contributed by atoms with Crippen LogP contribution >= 0.6 is 0 Å². The largest absolute Gasteiger partial charge is 0.461 e. The standard InChI is InChI=1S/C12H18N4O2/c1-3-18-12(17)10-4-5-11(14-13-10)16-8-6-15(2)7-9-16/h4-5H,3,6-9H2,1-2H3. The molecule has 1 aliphatic heterocycles. The fourth-order valence-corrected chi connectivity index (χ4v) is 1.84. The van der Waals surface area contributed by atoms with Crippen molar-refractivity contribution in [3.63, 3.8) is 0 Å². The van der Waals surface area contributed by atoms with Crippen molar-refractivity contribution in [1.82, 2.24) is 15.1 Å². The van der Waals surface area contributed by atoms with Gasteiger partial charge in [0.15, 0.2) is 11.5 Å². The Morgan fingerprint density at radius 3 is 2.56 bits per heavy atom. The van der Waals surface area contributed by atoms with Crippen molar-refractivity contribution in [2.75, 3.05) is 44.7 Å². The maximum atomic E-state index is 11.4. The summed E-state index contributed by atoms with van der Waals surface area (Å²) < 4.78 is 4.87. The first-order valence-corrected chi connectivity index (χ1v) is 6.15. The number of aromatic nitrogens is 2. The molecule has 18 heavy (non-hydrogen) atoms. The van der Waals surface area contributed by atoms with Crippen LogP contribution in [0.2, 0.25) is 0 Å². The average molecular weight is 250 g/mol. The van der Waals surface area contributed by atoms with Crippen molar-refractivity contribution in [2.24, 2.45) is 0 Å². The number of piperazine rings is 1. The number of anilines is 1. The first-order chi connectivity index (χ1) is 8.70. The minimum Gasteiger partial charge on any atom is -0.461 e. The summed E-state index contributed by atoms with van der Waals surface area (Å²) in [6.07, 6.45) is 0. The van der Waals surface area contributed by atoms with E-state index in [1.54, 1.807) is 13.0 Å². The van der Waals surface area contributed by atoms with Gasteiger partial charge in [-0.3, -0.25) is 0 Å². The second-order valence-corrected chi connectivity index (χ2v) is 4.29. The van der Waals surface area contributed by atoms with Crippen LogP contribution in [0.15, 0.2) is 12.1 Å². The van der Waals surface area contributed by atoms with Crippen LogP contribution in [0.3, 0.4) is 0 Å². The van der Waals surface area contributed by atoms with Gasteiger partial charge in [-0.15, -0.1) is 10.2 Å². The first kappa shape index (κ1) is 12.8. The van der Waals surface area contributed by atoms with E-state index in [2.05, 4.69) is 27.0 Å². The van der Waals surface area contributed by atoms with E-state index in [1.165, 1.54) is 0 Å². The Kier molecular flexibility index (Phi) is 4.09. The lowest BCUT2D eigenvalue weighted by molar-refractivity contribution is 0.0518. The van der Waals surface area contributed by atoms with Gasteiger partial charge < -0.3 is 14.5 Å². The highest BCUT2D eigenvalue weighted by molar-refractivity contribution is 5.87. The number of rotatable bonds is 3. The first-order valence-electron chi connectivity index (χ1n) is 6.15. The zero-order valence-electron chi connectivity index (χ0n) is 10.8. The van der Waals surface area contributed by atoms with Crippen molar-refractivity contribution in [1.29, 1.82) is 0 Å². The van der Waals surface area contributed by atoms with E-state index in [-0.39, 0.29) is 5.69 Å². The van der Waals surface area contributed by atoms with Crippen LogP contribution in [0.4, 0.5) is 5.82 Å². The SMILES string of the molecule is CCOC(=O)c1ccc(N2CCN(C)CC2)nn1. The van der Waals surface area contributed by atoms with Crippen LogP contribution in [-0.4, -0.2) is 60.9 Å². The molecule has 1 aromatic heterocycles. The summed E-state index contributed by atoms with van der Waals surface area (Å²) >= 11 is 0. The Morgan fingerprint density at radius 2 is 2.00 bits per heavy atom. The average Bonchev–Trinajstić information content (AvgIpc) is 2.40. The third-order valence-electron chi connectivity index (χ3n) is 2.96. The lowest BCUT2D eigenvalue weighted by Crippen LogP contribution is -2.44. The van der Waals surface area contributed by atoms with Gasteiger partial charge in [-0.05, 0) is 26.1 Å². The van der Waals surface area contributed by atoms with Gasteiger partial charge in [0.05, 0.1) is 6.61 Å². The maximum absolute atomic E-state index is 11.4. The molecule has 0 unspecified atom stereocenters. The van der Waals surface area contributed by atoms with E-state index in [9.17, 15) is 4.79 Å². The van der Waals surface area contributed by atoms with E-state index in [0.29, 0.717) is 6.61 Å². The second kappa shape index (κ2) is 5.77. The van der Waals surface area contributed by atoms with Crippen LogP contribution in [0.1, 0.15) is 17.4 Å². The predicted molar refractivity (Wildman–Crippen MR) is 67.7 cm³/mol. The molecule has 0 saturated carbocycles. The zero-order valence-corrected chi connectivity index (χ0v) is 10.8. The summed E-state index contributed by atoms with van der Waals surface area (Å²) in [6.45, 7) is 6.02. The van der Waals surface area contributed by atoms with Crippen molar-refractivity contribution in [3.05, 3.63) is 17.8 Å². The van der Waals surface area contributed by atoms with Gasteiger partial charge in [0.1, 0.15) is 0 Å². The number of hydrogen-bond donors (Lipinski definition) is 0. The zero-order chi connectivity index (χ0) is 13.0. The normalized spacial score (nSPS) is 16.7. The quantitative estimate of drug-likeness (QED) is 0.724.